The Morgan fingerprint density at radius 3 is 2.66 bits per heavy atom. The van der Waals surface area contributed by atoms with Crippen molar-refractivity contribution >= 4 is 40.9 Å². The van der Waals surface area contributed by atoms with Crippen molar-refractivity contribution in [1.82, 2.24) is 0 Å². The Kier molecular flexibility index (Phi) is 7.66. The predicted octanol–water partition coefficient (Wildman–Crippen LogP) is 5.90. The fourth-order valence-electron chi connectivity index (χ4n) is 3.37. The summed E-state index contributed by atoms with van der Waals surface area (Å²) in [5, 5.41) is 13.4. The number of hydrogen-bond donors (Lipinski definition) is 1. The maximum atomic E-state index is 12.9. The zero-order valence-corrected chi connectivity index (χ0v) is 20.2. The van der Waals surface area contributed by atoms with Crippen LogP contribution in [0, 0.1) is 11.3 Å². The number of hydrogen-bond acceptors (Lipinski definition) is 6. The Bertz CT molecular complexity index is 1330. The van der Waals surface area contributed by atoms with E-state index in [1.54, 1.807) is 54.6 Å². The summed E-state index contributed by atoms with van der Waals surface area (Å²) >= 11 is 12.2. The van der Waals surface area contributed by atoms with E-state index in [9.17, 15) is 10.1 Å². The fourth-order valence-corrected chi connectivity index (χ4v) is 3.84. The number of amides is 1. The zero-order valence-electron chi connectivity index (χ0n) is 18.6. The number of ether oxygens (including phenoxy) is 4. The lowest BCUT2D eigenvalue weighted by molar-refractivity contribution is -0.112. The van der Waals surface area contributed by atoms with Crippen molar-refractivity contribution in [3.05, 3.63) is 81.3 Å². The number of nitriles is 1. The van der Waals surface area contributed by atoms with Crippen molar-refractivity contribution in [2.24, 2.45) is 0 Å². The maximum absolute atomic E-state index is 12.9. The summed E-state index contributed by atoms with van der Waals surface area (Å²) in [7, 11) is 1.50. The number of carbonyl (C=O) groups excluding carboxylic acids is 1. The van der Waals surface area contributed by atoms with E-state index in [2.05, 4.69) is 5.32 Å². The summed E-state index contributed by atoms with van der Waals surface area (Å²) in [6.07, 6.45) is 1.44. The van der Waals surface area contributed by atoms with Crippen LogP contribution >= 0.6 is 23.2 Å². The Labute approximate surface area is 212 Å². The lowest BCUT2D eigenvalue weighted by atomic mass is 10.1. The number of methoxy groups -OCH3 is 1. The van der Waals surface area contributed by atoms with Crippen molar-refractivity contribution in [1.29, 1.82) is 5.26 Å². The van der Waals surface area contributed by atoms with Crippen LogP contribution in [0.2, 0.25) is 10.0 Å². The minimum atomic E-state index is -0.585. The molecule has 35 heavy (non-hydrogen) atoms. The Balaban J connectivity index is 1.58. The molecule has 0 bridgehead atoms. The summed E-state index contributed by atoms with van der Waals surface area (Å²) in [6, 6.07) is 17.3. The lowest BCUT2D eigenvalue weighted by Crippen LogP contribution is -2.17. The van der Waals surface area contributed by atoms with Gasteiger partial charge in [-0.1, -0.05) is 41.4 Å². The van der Waals surface area contributed by atoms with Gasteiger partial charge < -0.3 is 24.3 Å². The fraction of sp³-hybridized carbons (Fsp3) is 0.154. The van der Waals surface area contributed by atoms with E-state index in [1.165, 1.54) is 13.2 Å². The average molecular weight is 511 g/mol. The second-order valence-corrected chi connectivity index (χ2v) is 8.23. The van der Waals surface area contributed by atoms with Gasteiger partial charge in [-0.15, -0.1) is 0 Å². The van der Waals surface area contributed by atoms with E-state index < -0.39 is 5.91 Å². The van der Waals surface area contributed by atoms with E-state index in [1.807, 2.05) is 6.07 Å². The van der Waals surface area contributed by atoms with Crippen LogP contribution in [-0.2, 0) is 11.4 Å². The van der Waals surface area contributed by atoms with E-state index in [-0.39, 0.29) is 12.2 Å². The molecular weight excluding hydrogens is 491 g/mol. The number of rotatable bonds is 7. The first kappa shape index (κ1) is 24.3. The molecule has 0 atom stereocenters. The third-order valence-electron chi connectivity index (χ3n) is 5.08. The van der Waals surface area contributed by atoms with Gasteiger partial charge in [0.2, 0.25) is 0 Å². The summed E-state index contributed by atoms with van der Waals surface area (Å²) in [4.78, 5) is 12.9. The molecule has 9 heteroatoms. The second kappa shape index (κ2) is 11.0. The molecule has 3 aromatic rings. The summed E-state index contributed by atoms with van der Waals surface area (Å²) in [5.74, 6) is 1.35. The highest BCUT2D eigenvalue weighted by Gasteiger charge is 2.17. The number of fused-ring (bicyclic) bond motifs is 1. The molecule has 1 heterocycles. The highest BCUT2D eigenvalue weighted by Crippen LogP contribution is 2.35. The molecule has 0 radical (unpaired) electrons. The third kappa shape index (κ3) is 5.80. The molecule has 178 valence electrons. The van der Waals surface area contributed by atoms with E-state index in [0.717, 1.165) is 0 Å². The Morgan fingerprint density at radius 2 is 1.91 bits per heavy atom. The molecule has 0 unspecified atom stereocenters. The minimum absolute atomic E-state index is 0.123. The van der Waals surface area contributed by atoms with E-state index >= 15 is 0 Å². The van der Waals surface area contributed by atoms with Crippen LogP contribution in [0.15, 0.2) is 60.2 Å². The van der Waals surface area contributed by atoms with Crippen LogP contribution in [0.1, 0.15) is 11.1 Å². The topological polar surface area (TPSA) is 89.8 Å². The van der Waals surface area contributed by atoms with Gasteiger partial charge >= 0.3 is 0 Å². The van der Waals surface area contributed by atoms with Gasteiger partial charge in [0, 0.05) is 32.9 Å². The van der Waals surface area contributed by atoms with Gasteiger partial charge in [0.05, 0.1) is 7.11 Å². The first-order valence-corrected chi connectivity index (χ1v) is 11.3. The summed E-state index contributed by atoms with van der Waals surface area (Å²) in [6.45, 7) is 1.02. The van der Waals surface area contributed by atoms with Gasteiger partial charge in [-0.2, -0.15) is 5.26 Å². The normalized spacial score (nSPS) is 12.5. The summed E-state index contributed by atoms with van der Waals surface area (Å²) < 4.78 is 22.5. The van der Waals surface area contributed by atoms with E-state index in [0.29, 0.717) is 63.1 Å². The van der Waals surface area contributed by atoms with Gasteiger partial charge in [0.15, 0.2) is 23.0 Å². The van der Waals surface area contributed by atoms with Crippen LogP contribution in [0.3, 0.4) is 0 Å². The van der Waals surface area contributed by atoms with Crippen LogP contribution in [0.5, 0.6) is 23.0 Å². The largest absolute Gasteiger partial charge is 0.493 e. The molecule has 0 fully saturated rings. The number of benzene rings is 3. The molecular formula is C26H20Cl2N2O5. The quantitative estimate of drug-likeness (QED) is 0.314. The van der Waals surface area contributed by atoms with Crippen LogP contribution in [0.4, 0.5) is 5.69 Å². The van der Waals surface area contributed by atoms with Gasteiger partial charge in [-0.25, -0.2) is 0 Å². The molecule has 1 aliphatic rings. The van der Waals surface area contributed by atoms with Gasteiger partial charge in [-0.3, -0.25) is 4.79 Å². The molecule has 3 aromatic carbocycles. The number of nitrogens with one attached hydrogen (secondary N) is 1. The van der Waals surface area contributed by atoms with E-state index in [4.69, 9.17) is 42.1 Å². The van der Waals surface area contributed by atoms with Crippen molar-refractivity contribution in [3.63, 3.8) is 0 Å². The first-order valence-electron chi connectivity index (χ1n) is 10.5. The summed E-state index contributed by atoms with van der Waals surface area (Å²) in [5.41, 5.74) is 1.56. The van der Waals surface area contributed by atoms with Crippen LogP contribution < -0.4 is 24.3 Å². The van der Waals surface area contributed by atoms with Gasteiger partial charge in [0.1, 0.15) is 31.5 Å². The number of anilines is 1. The minimum Gasteiger partial charge on any atom is -0.493 e. The lowest BCUT2D eigenvalue weighted by Gasteiger charge is -2.19. The van der Waals surface area contributed by atoms with Crippen molar-refractivity contribution in [2.45, 2.75) is 6.61 Å². The maximum Gasteiger partial charge on any atom is 0.266 e. The molecule has 0 saturated carbocycles. The molecule has 1 N–H and O–H groups in total. The van der Waals surface area contributed by atoms with Crippen LogP contribution in [-0.4, -0.2) is 26.2 Å². The molecule has 0 aliphatic carbocycles. The first-order chi connectivity index (χ1) is 17.0. The molecule has 1 amide bonds. The monoisotopic (exact) mass is 510 g/mol. The molecule has 1 aliphatic heterocycles. The molecule has 0 spiro atoms. The van der Waals surface area contributed by atoms with Gasteiger partial charge in [0.25, 0.3) is 5.91 Å². The number of para-hydroxylation sites is 1. The second-order valence-electron chi connectivity index (χ2n) is 7.39. The molecule has 4 rings (SSSR count). The number of nitrogens with zero attached hydrogens (tertiary/aromatic N) is 1. The predicted molar refractivity (Wildman–Crippen MR) is 133 cm³/mol. The smallest absolute Gasteiger partial charge is 0.266 e. The standard InChI is InChI=1S/C26H20Cl2N2O5/c1-32-23-4-2-3-16(25(23)35-15-17-5-6-19(27)12-21(17)28)11-18(14-29)26(31)30-20-7-8-22-24(13-20)34-10-9-33-22/h2-8,11-13H,9-10,15H2,1H3,(H,30,31). The van der Waals surface area contributed by atoms with Crippen molar-refractivity contribution in [2.75, 3.05) is 25.6 Å². The SMILES string of the molecule is COc1cccc(C=C(C#N)C(=O)Nc2ccc3c(c2)OCCO3)c1OCc1ccc(Cl)cc1Cl. The van der Waals surface area contributed by atoms with Crippen molar-refractivity contribution < 1.29 is 23.7 Å². The highest BCUT2D eigenvalue weighted by atomic mass is 35.5. The number of halogens is 2. The number of carbonyl (C=O) groups is 1. The Morgan fingerprint density at radius 1 is 1.11 bits per heavy atom. The molecule has 7 nitrogen and oxygen atoms in total. The molecule has 0 saturated heterocycles. The van der Waals surface area contributed by atoms with Gasteiger partial charge in [-0.05, 0) is 36.4 Å². The Hall–Kier alpha value is -3.86. The molecule has 0 aromatic heterocycles. The third-order valence-corrected chi connectivity index (χ3v) is 5.67. The highest BCUT2D eigenvalue weighted by molar-refractivity contribution is 6.35. The zero-order chi connectivity index (χ0) is 24.8. The van der Waals surface area contributed by atoms with Crippen molar-refractivity contribution in [3.8, 4) is 29.1 Å². The van der Waals surface area contributed by atoms with Crippen LogP contribution in [0.25, 0.3) is 6.08 Å². The average Bonchev–Trinajstić information content (AvgIpc) is 2.86.